The van der Waals surface area contributed by atoms with Gasteiger partial charge in [0.25, 0.3) is 0 Å². The van der Waals surface area contributed by atoms with Gasteiger partial charge in [-0.25, -0.2) is 9.59 Å². The first-order chi connectivity index (χ1) is 18.0. The molecular weight excluding hydrogens is 472 g/mol. The van der Waals surface area contributed by atoms with Gasteiger partial charge in [-0.05, 0) is 106 Å². The lowest BCUT2D eigenvalue weighted by molar-refractivity contribution is -0.142. The Balaban J connectivity index is 1.36. The van der Waals surface area contributed by atoms with E-state index in [1.807, 2.05) is 12.1 Å². The molecule has 0 aliphatic heterocycles. The fourth-order valence-corrected chi connectivity index (χ4v) is 6.70. The van der Waals surface area contributed by atoms with Crippen LogP contribution >= 0.6 is 0 Å². The van der Waals surface area contributed by atoms with E-state index in [1.165, 1.54) is 12.7 Å². The highest BCUT2D eigenvalue weighted by Gasteiger charge is 2.45. The number of esters is 1. The van der Waals surface area contributed by atoms with Crippen molar-refractivity contribution >= 4 is 12.1 Å². The summed E-state index contributed by atoms with van der Waals surface area (Å²) in [5, 5.41) is 11.0. The van der Waals surface area contributed by atoms with Crippen LogP contribution in [0.3, 0.4) is 0 Å². The molecule has 7 nitrogen and oxygen atoms in total. The predicted molar refractivity (Wildman–Crippen MR) is 139 cm³/mol. The summed E-state index contributed by atoms with van der Waals surface area (Å²) in [6.07, 6.45) is 11.3. The van der Waals surface area contributed by atoms with Crippen LogP contribution in [0.5, 0.6) is 5.75 Å². The molecule has 5 atom stereocenters. The number of methoxy groups -OCH3 is 1. The number of benzene rings is 1. The monoisotopic (exact) mass is 516 g/mol. The fourth-order valence-electron chi connectivity index (χ4n) is 6.70. The van der Waals surface area contributed by atoms with E-state index in [0.717, 1.165) is 94.8 Å². The number of unbranched alkanes of at least 4 members (excludes halogenated alkanes) is 2. The zero-order valence-corrected chi connectivity index (χ0v) is 22.5. The van der Waals surface area contributed by atoms with E-state index in [-0.39, 0.29) is 30.8 Å². The predicted octanol–water partition coefficient (Wildman–Crippen LogP) is 5.78. The van der Waals surface area contributed by atoms with Crippen molar-refractivity contribution in [2.24, 2.45) is 17.8 Å². The van der Waals surface area contributed by atoms with E-state index in [9.17, 15) is 14.7 Å². The van der Waals surface area contributed by atoms with Crippen molar-refractivity contribution in [1.82, 2.24) is 0 Å². The van der Waals surface area contributed by atoms with Gasteiger partial charge in [-0.15, -0.1) is 0 Å². The van der Waals surface area contributed by atoms with Gasteiger partial charge in [-0.2, -0.15) is 0 Å². The quantitative estimate of drug-likeness (QED) is 0.278. The van der Waals surface area contributed by atoms with Gasteiger partial charge < -0.3 is 24.1 Å². The van der Waals surface area contributed by atoms with Gasteiger partial charge in [0.2, 0.25) is 0 Å². The molecule has 0 aromatic heterocycles. The molecule has 4 rings (SSSR count). The Hall–Kier alpha value is -2.28. The van der Waals surface area contributed by atoms with Crippen LogP contribution in [-0.2, 0) is 31.8 Å². The summed E-state index contributed by atoms with van der Waals surface area (Å²) in [5.74, 6) is 1.29. The van der Waals surface area contributed by atoms with Gasteiger partial charge in [0, 0.05) is 0 Å². The average Bonchev–Trinajstić information content (AvgIpc) is 3.50. The summed E-state index contributed by atoms with van der Waals surface area (Å²) in [4.78, 5) is 24.0. The van der Waals surface area contributed by atoms with Crippen LogP contribution in [-0.4, -0.2) is 49.3 Å². The van der Waals surface area contributed by atoms with Gasteiger partial charge in [-0.1, -0.05) is 31.9 Å². The molecule has 7 heteroatoms. The number of hydrogen-bond acceptors (Lipinski definition) is 7. The molecule has 0 radical (unpaired) electrons. The van der Waals surface area contributed by atoms with Gasteiger partial charge in [-0.3, -0.25) is 0 Å². The van der Waals surface area contributed by atoms with E-state index in [4.69, 9.17) is 18.9 Å². The highest BCUT2D eigenvalue weighted by Crippen LogP contribution is 2.48. The minimum absolute atomic E-state index is 0.00463. The number of carbonyl (C=O) groups is 2. The van der Waals surface area contributed by atoms with Crippen LogP contribution in [0.15, 0.2) is 18.2 Å². The molecule has 1 aromatic rings. The molecule has 2 saturated carbocycles. The highest BCUT2D eigenvalue weighted by molar-refractivity contribution is 5.71. The largest absolute Gasteiger partial charge is 0.508 e. The first kappa shape index (κ1) is 27.7. The van der Waals surface area contributed by atoms with Crippen molar-refractivity contribution in [2.75, 3.05) is 13.7 Å². The van der Waals surface area contributed by atoms with Crippen LogP contribution in [0.25, 0.3) is 0 Å². The van der Waals surface area contributed by atoms with Crippen molar-refractivity contribution < 1.29 is 33.6 Å². The minimum atomic E-state index is -0.524. The normalized spacial score (nSPS) is 25.7. The third-order valence-corrected chi connectivity index (χ3v) is 8.70. The average molecular weight is 517 g/mol. The lowest BCUT2D eigenvalue weighted by Crippen LogP contribution is -2.29. The van der Waals surface area contributed by atoms with Crippen molar-refractivity contribution in [2.45, 2.75) is 109 Å². The summed E-state index contributed by atoms with van der Waals surface area (Å²) < 4.78 is 21.9. The van der Waals surface area contributed by atoms with Crippen LogP contribution in [0.4, 0.5) is 4.79 Å². The zero-order chi connectivity index (χ0) is 26.2. The summed E-state index contributed by atoms with van der Waals surface area (Å²) >= 11 is 0. The molecule has 1 aromatic carbocycles. The second kappa shape index (κ2) is 13.5. The molecule has 0 saturated heterocycles. The van der Waals surface area contributed by atoms with Gasteiger partial charge in [0.15, 0.2) is 6.61 Å². The first-order valence-electron chi connectivity index (χ1n) is 14.3. The topological polar surface area (TPSA) is 91.3 Å². The van der Waals surface area contributed by atoms with Crippen LogP contribution in [0, 0.1) is 17.8 Å². The molecule has 1 unspecified atom stereocenters. The van der Waals surface area contributed by atoms with Gasteiger partial charge in [0.1, 0.15) is 18.0 Å². The molecule has 1 N–H and O–H groups in total. The molecule has 3 aliphatic rings. The summed E-state index contributed by atoms with van der Waals surface area (Å²) in [7, 11) is 1.36. The van der Waals surface area contributed by atoms with Crippen molar-refractivity contribution in [1.29, 1.82) is 0 Å². The second-order valence-corrected chi connectivity index (χ2v) is 11.1. The molecular formula is C30H44O7. The number of aliphatic hydroxyl groups is 1. The number of aliphatic hydroxyl groups excluding tert-OH is 1. The number of fused-ring (bicyclic) bond motifs is 2. The number of rotatable bonds is 12. The highest BCUT2D eigenvalue weighted by atomic mass is 16.7. The Morgan fingerprint density at radius 1 is 1.11 bits per heavy atom. The van der Waals surface area contributed by atoms with E-state index in [0.29, 0.717) is 11.8 Å². The number of ether oxygens (including phenoxy) is 4. The third-order valence-electron chi connectivity index (χ3n) is 8.70. The Morgan fingerprint density at radius 2 is 1.92 bits per heavy atom. The van der Waals surface area contributed by atoms with Crippen LogP contribution in [0.2, 0.25) is 0 Å². The lowest BCUT2D eigenvalue weighted by atomic mass is 9.73. The number of carbonyl (C=O) groups excluding carboxylic acids is 2. The first-order valence-corrected chi connectivity index (χ1v) is 14.3. The van der Waals surface area contributed by atoms with Crippen LogP contribution < -0.4 is 4.74 Å². The molecule has 0 amide bonds. The van der Waals surface area contributed by atoms with E-state index in [1.54, 1.807) is 0 Å². The lowest BCUT2D eigenvalue weighted by Gasteiger charge is -2.32. The standard InChI is InChI=1S/C30H44O7/c1-3-4-5-10-23(37-30(33)36-22-11-6-7-12-22)14-15-24-25-16-20-9-8-13-28(35-19-29(32)34-2)26(20)17-21(25)18-27(24)31/h8-9,13,21-25,27,31H,3-7,10-12,14-19H2,1-2H3/t21-,23-,24?,25-,27+/m0/s1. The van der Waals surface area contributed by atoms with Crippen LogP contribution in [0.1, 0.15) is 88.7 Å². The van der Waals surface area contributed by atoms with Gasteiger partial charge >= 0.3 is 12.1 Å². The zero-order valence-electron chi connectivity index (χ0n) is 22.5. The summed E-state index contributed by atoms with van der Waals surface area (Å²) in [6, 6.07) is 6.02. The van der Waals surface area contributed by atoms with Crippen molar-refractivity contribution in [3.05, 3.63) is 29.3 Å². The molecule has 37 heavy (non-hydrogen) atoms. The smallest absolute Gasteiger partial charge is 0.482 e. The summed E-state index contributed by atoms with van der Waals surface area (Å²) in [6.45, 7) is 2.07. The molecule has 2 fully saturated rings. The van der Waals surface area contributed by atoms with E-state index >= 15 is 0 Å². The van der Waals surface area contributed by atoms with Crippen molar-refractivity contribution in [3.8, 4) is 5.75 Å². The Labute approximate surface area is 221 Å². The third kappa shape index (κ3) is 7.40. The van der Waals surface area contributed by atoms with Gasteiger partial charge in [0.05, 0.1) is 13.2 Å². The second-order valence-electron chi connectivity index (χ2n) is 11.1. The molecule has 0 heterocycles. The number of hydrogen-bond donors (Lipinski definition) is 1. The summed E-state index contributed by atoms with van der Waals surface area (Å²) in [5.41, 5.74) is 2.38. The fraction of sp³-hybridized carbons (Fsp3) is 0.733. The maximum atomic E-state index is 12.5. The molecule has 206 valence electrons. The van der Waals surface area contributed by atoms with Crippen molar-refractivity contribution in [3.63, 3.8) is 0 Å². The Kier molecular flexibility index (Phi) is 10.1. The van der Waals surface area contributed by atoms with E-state index in [2.05, 4.69) is 13.0 Å². The maximum Gasteiger partial charge on any atom is 0.508 e. The molecule has 3 aliphatic carbocycles. The molecule has 0 spiro atoms. The minimum Gasteiger partial charge on any atom is -0.482 e. The Bertz CT molecular complexity index is 894. The molecule has 0 bridgehead atoms. The SMILES string of the molecule is CCCCC[C@@H](CCC1[C@H](O)C[C@@H]2Cc3c(cccc3OCC(=O)OC)C[C@H]12)OC(=O)OC1CCCC1. The Morgan fingerprint density at radius 3 is 2.68 bits per heavy atom. The maximum absolute atomic E-state index is 12.5. The van der Waals surface area contributed by atoms with E-state index < -0.39 is 12.1 Å².